The van der Waals surface area contributed by atoms with Gasteiger partial charge in [-0.25, -0.2) is 0 Å². The van der Waals surface area contributed by atoms with Gasteiger partial charge in [-0.1, -0.05) is 182 Å². The second-order valence-electron chi connectivity index (χ2n) is 18.4. The third-order valence-corrected chi connectivity index (χ3v) is 14.5. The molecule has 0 fully saturated rings. The number of hydrogen-bond donors (Lipinski definition) is 0. The lowest BCUT2D eigenvalue weighted by atomic mass is 10.0. The van der Waals surface area contributed by atoms with E-state index in [4.69, 9.17) is 0 Å². The SMILES string of the molecule is N#Cc1cc(-n2c3ccc(-c4ccccc4)cc3c3cc(-c4ccccc4)ccc32)c(-n2c3ccc(-c4ccccc4)cc3c3cc(-c4ccccc4)ccc32)c2c1c1ccccc1n2-c1ccccc1. The number of fused-ring (bicyclic) bond motifs is 9. The number of para-hydroxylation sites is 2. The highest BCUT2D eigenvalue weighted by Crippen LogP contribution is 2.47. The van der Waals surface area contributed by atoms with Crippen LogP contribution in [0.2, 0.25) is 0 Å². The highest BCUT2D eigenvalue weighted by atomic mass is 15.1. The smallest absolute Gasteiger partial charge is 0.0999 e. The molecule has 0 saturated heterocycles. The highest BCUT2D eigenvalue weighted by molar-refractivity contribution is 6.20. The van der Waals surface area contributed by atoms with Gasteiger partial charge in [0.25, 0.3) is 0 Å². The van der Waals surface area contributed by atoms with E-state index in [9.17, 15) is 5.26 Å². The molecule has 330 valence electrons. The molecule has 4 nitrogen and oxygen atoms in total. The topological polar surface area (TPSA) is 38.6 Å². The normalized spacial score (nSPS) is 11.6. The summed E-state index contributed by atoms with van der Waals surface area (Å²) in [7, 11) is 0. The van der Waals surface area contributed by atoms with Crippen LogP contribution >= 0.6 is 0 Å². The summed E-state index contributed by atoms with van der Waals surface area (Å²) in [4.78, 5) is 0. The van der Waals surface area contributed by atoms with Crippen LogP contribution in [-0.4, -0.2) is 13.7 Å². The van der Waals surface area contributed by atoms with Gasteiger partial charge in [-0.15, -0.1) is 0 Å². The van der Waals surface area contributed by atoms with Crippen molar-refractivity contribution in [2.75, 3.05) is 0 Å². The predicted octanol–water partition coefficient (Wildman–Crippen LogP) is 17.5. The fourth-order valence-corrected chi connectivity index (χ4v) is 11.2. The first-order chi connectivity index (χ1) is 35.2. The average molecular weight is 903 g/mol. The second-order valence-corrected chi connectivity index (χ2v) is 18.4. The lowest BCUT2D eigenvalue weighted by molar-refractivity contribution is 1.08. The minimum absolute atomic E-state index is 0.611. The summed E-state index contributed by atoms with van der Waals surface area (Å²) in [6, 6.07) is 94.2. The summed E-state index contributed by atoms with van der Waals surface area (Å²) in [6.45, 7) is 0. The Morgan fingerprint density at radius 1 is 0.282 bits per heavy atom. The van der Waals surface area contributed by atoms with Crippen LogP contribution in [0.4, 0.5) is 0 Å². The maximum absolute atomic E-state index is 11.5. The minimum atomic E-state index is 0.611. The molecule has 11 aromatic carbocycles. The summed E-state index contributed by atoms with van der Waals surface area (Å²) in [5.41, 5.74) is 19.0. The van der Waals surface area contributed by atoms with Gasteiger partial charge in [0.2, 0.25) is 0 Å². The molecule has 3 heterocycles. The molecule has 0 aliphatic heterocycles. The van der Waals surface area contributed by atoms with Gasteiger partial charge in [-0.3, -0.25) is 0 Å². The van der Waals surface area contributed by atoms with Crippen molar-refractivity contribution in [2.24, 2.45) is 0 Å². The van der Waals surface area contributed by atoms with Crippen molar-refractivity contribution in [3.63, 3.8) is 0 Å². The van der Waals surface area contributed by atoms with Crippen molar-refractivity contribution < 1.29 is 0 Å². The van der Waals surface area contributed by atoms with E-state index in [0.717, 1.165) is 127 Å². The average Bonchev–Trinajstić information content (AvgIpc) is 4.08. The third-order valence-electron chi connectivity index (χ3n) is 14.5. The molecule has 0 radical (unpaired) electrons. The Labute approximate surface area is 410 Å². The summed E-state index contributed by atoms with van der Waals surface area (Å²) in [5, 5.41) is 18.0. The van der Waals surface area contributed by atoms with Gasteiger partial charge in [-0.05, 0) is 117 Å². The fraction of sp³-hybridized carbons (Fsp3) is 0. The number of hydrogen-bond acceptors (Lipinski definition) is 1. The molecule has 0 N–H and O–H groups in total. The molecule has 3 aromatic heterocycles. The molecule has 14 rings (SSSR count). The molecule has 0 amide bonds. The van der Waals surface area contributed by atoms with E-state index in [0.29, 0.717) is 5.56 Å². The van der Waals surface area contributed by atoms with Crippen LogP contribution in [0.3, 0.4) is 0 Å². The molecule has 0 aliphatic rings. The first-order valence-electron chi connectivity index (χ1n) is 24.1. The first kappa shape index (κ1) is 40.4. The lowest BCUT2D eigenvalue weighted by Crippen LogP contribution is -2.08. The Bertz CT molecular complexity index is 4230. The van der Waals surface area contributed by atoms with Crippen molar-refractivity contribution in [3.05, 3.63) is 260 Å². The van der Waals surface area contributed by atoms with E-state index in [-0.39, 0.29) is 0 Å². The summed E-state index contributed by atoms with van der Waals surface area (Å²) in [6.07, 6.45) is 0. The van der Waals surface area contributed by atoms with E-state index >= 15 is 0 Å². The Morgan fingerprint density at radius 2 is 0.634 bits per heavy atom. The van der Waals surface area contributed by atoms with E-state index in [1.54, 1.807) is 0 Å². The maximum atomic E-state index is 11.5. The summed E-state index contributed by atoms with van der Waals surface area (Å²) >= 11 is 0. The molecule has 14 aromatic rings. The maximum Gasteiger partial charge on any atom is 0.0999 e. The van der Waals surface area contributed by atoms with Gasteiger partial charge in [0.05, 0.1) is 56.1 Å². The van der Waals surface area contributed by atoms with Crippen LogP contribution in [0.15, 0.2) is 255 Å². The zero-order valence-corrected chi connectivity index (χ0v) is 38.5. The number of nitriles is 1. The van der Waals surface area contributed by atoms with Gasteiger partial charge in [-0.2, -0.15) is 5.26 Å². The van der Waals surface area contributed by atoms with Crippen molar-refractivity contribution in [3.8, 4) is 67.6 Å². The number of aromatic nitrogens is 3. The molecule has 0 bridgehead atoms. The Hall–Kier alpha value is -9.69. The van der Waals surface area contributed by atoms with Gasteiger partial charge >= 0.3 is 0 Å². The Balaban J connectivity index is 1.19. The predicted molar refractivity (Wildman–Crippen MR) is 296 cm³/mol. The van der Waals surface area contributed by atoms with Crippen LogP contribution in [0, 0.1) is 11.3 Å². The van der Waals surface area contributed by atoms with E-state index < -0.39 is 0 Å². The molecule has 0 saturated carbocycles. The minimum Gasteiger partial charge on any atom is -0.307 e. The molecule has 4 heteroatoms. The Morgan fingerprint density at radius 3 is 1.04 bits per heavy atom. The van der Waals surface area contributed by atoms with Gasteiger partial charge < -0.3 is 13.7 Å². The molecular formula is C67H42N4. The van der Waals surface area contributed by atoms with E-state index in [1.807, 2.05) is 0 Å². The van der Waals surface area contributed by atoms with Crippen molar-refractivity contribution in [1.29, 1.82) is 5.26 Å². The van der Waals surface area contributed by atoms with Gasteiger partial charge in [0, 0.05) is 38.0 Å². The van der Waals surface area contributed by atoms with Crippen LogP contribution in [0.5, 0.6) is 0 Å². The molecular weight excluding hydrogens is 861 g/mol. The van der Waals surface area contributed by atoms with Crippen molar-refractivity contribution >= 4 is 65.4 Å². The fourth-order valence-electron chi connectivity index (χ4n) is 11.2. The third kappa shape index (κ3) is 6.38. The quantitative estimate of drug-likeness (QED) is 0.157. The monoisotopic (exact) mass is 902 g/mol. The second kappa shape index (κ2) is 16.2. The van der Waals surface area contributed by atoms with Crippen LogP contribution in [0.1, 0.15) is 5.56 Å². The highest BCUT2D eigenvalue weighted by Gasteiger charge is 2.28. The molecule has 0 atom stereocenters. The molecule has 0 aliphatic carbocycles. The zero-order valence-electron chi connectivity index (χ0n) is 38.5. The first-order valence-corrected chi connectivity index (χ1v) is 24.1. The van der Waals surface area contributed by atoms with Crippen LogP contribution in [-0.2, 0) is 0 Å². The number of benzene rings is 11. The largest absolute Gasteiger partial charge is 0.307 e. The number of nitrogens with zero attached hydrogens (tertiary/aromatic N) is 4. The zero-order chi connectivity index (χ0) is 47.0. The van der Waals surface area contributed by atoms with Crippen molar-refractivity contribution in [1.82, 2.24) is 13.7 Å². The molecule has 0 unspecified atom stereocenters. The van der Waals surface area contributed by atoms with Crippen LogP contribution < -0.4 is 0 Å². The van der Waals surface area contributed by atoms with Crippen molar-refractivity contribution in [2.45, 2.75) is 0 Å². The van der Waals surface area contributed by atoms with E-state index in [1.165, 1.54) is 0 Å². The Kier molecular flexibility index (Phi) is 9.23. The summed E-state index contributed by atoms with van der Waals surface area (Å²) < 4.78 is 7.29. The van der Waals surface area contributed by atoms with Gasteiger partial charge in [0.1, 0.15) is 0 Å². The number of rotatable bonds is 7. The van der Waals surface area contributed by atoms with Crippen LogP contribution in [0.25, 0.3) is 127 Å². The lowest BCUT2D eigenvalue weighted by Gasteiger charge is -2.21. The van der Waals surface area contributed by atoms with E-state index in [2.05, 4.69) is 275 Å². The van der Waals surface area contributed by atoms with Gasteiger partial charge in [0.15, 0.2) is 0 Å². The molecule has 0 spiro atoms. The standard InChI is InChI=1S/C67H42N4/c68-43-52-42-64(70-60-34-30-48(44-18-6-1-7-19-44)38-55(60)56-39-49(31-35-61(56)70)45-20-8-2-9-21-45)66(67-65(52)54-28-16-17-29-59(54)69(67)53-26-14-5-15-27-53)71-62-36-32-50(46-22-10-3-11-23-46)40-57(62)58-41-51(33-37-63(58)71)47-24-12-4-13-25-47/h1-42H. The molecule has 71 heavy (non-hydrogen) atoms. The summed E-state index contributed by atoms with van der Waals surface area (Å²) in [5.74, 6) is 0.